The molecule has 0 bridgehead atoms. The van der Waals surface area contributed by atoms with Gasteiger partial charge in [0.15, 0.2) is 33.0 Å². The summed E-state index contributed by atoms with van der Waals surface area (Å²) in [6.07, 6.45) is 0.278. The van der Waals surface area contributed by atoms with Gasteiger partial charge < -0.3 is 20.0 Å². The molecule has 0 aromatic heterocycles. The van der Waals surface area contributed by atoms with Crippen molar-refractivity contribution in [2.45, 2.75) is 18.9 Å². The molecule has 124 valence electrons. The van der Waals surface area contributed by atoms with Crippen LogP contribution in [0.5, 0.6) is 0 Å². The molecule has 0 aliphatic rings. The van der Waals surface area contributed by atoms with E-state index in [9.17, 15) is 26.7 Å². The summed E-state index contributed by atoms with van der Waals surface area (Å²) in [5.41, 5.74) is -1.55. The highest BCUT2D eigenvalue weighted by atomic mass is 28.2. The van der Waals surface area contributed by atoms with E-state index in [1.165, 1.54) is 0 Å². The van der Waals surface area contributed by atoms with Crippen LogP contribution < -0.4 is 5.32 Å². The molecule has 1 aromatic rings. The van der Waals surface area contributed by atoms with Crippen LogP contribution in [0.15, 0.2) is 0 Å². The number of amides is 1. The van der Waals surface area contributed by atoms with Gasteiger partial charge >= 0.3 is 0 Å². The normalized spacial score (nSPS) is 11.6. The summed E-state index contributed by atoms with van der Waals surface area (Å²) in [7, 11) is -1.25. The Balaban J connectivity index is 2.64. The van der Waals surface area contributed by atoms with E-state index in [0.29, 0.717) is 6.04 Å². The number of carbonyl (C=O) groups is 1. The fraction of sp³-hybridized carbons (Fsp3) is 0.364. The number of rotatable bonds is 7. The van der Waals surface area contributed by atoms with E-state index in [-0.39, 0.29) is 13.0 Å². The molecule has 3 N–H and O–H groups in total. The van der Waals surface area contributed by atoms with Crippen LogP contribution in [0.2, 0.25) is 6.04 Å². The van der Waals surface area contributed by atoms with E-state index >= 15 is 0 Å². The van der Waals surface area contributed by atoms with Gasteiger partial charge in [-0.2, -0.15) is 0 Å². The first-order valence-corrected chi connectivity index (χ1v) is 7.62. The standard InChI is InChI=1S/C11H12F5NO4Si/c12-5-4(6(13)8(15)9(16)7(5)14)10(18)17-2-1-3-22-21-11(19)20/h11,19-20H,1-3,22H2,(H,17,18). The topological polar surface area (TPSA) is 78.8 Å². The molecule has 5 nitrogen and oxygen atoms in total. The first-order valence-electron chi connectivity index (χ1n) is 6.04. The second kappa shape index (κ2) is 8.17. The van der Waals surface area contributed by atoms with Gasteiger partial charge in [-0.1, -0.05) is 0 Å². The first kappa shape index (κ1) is 18.5. The number of carbonyl (C=O) groups excluding carboxylic acids is 1. The van der Waals surface area contributed by atoms with Crippen LogP contribution in [0.4, 0.5) is 22.0 Å². The monoisotopic (exact) mass is 345 g/mol. The Morgan fingerprint density at radius 2 is 1.55 bits per heavy atom. The quantitative estimate of drug-likeness (QED) is 0.166. The summed E-state index contributed by atoms with van der Waals surface area (Å²) < 4.78 is 69.8. The Hall–Kier alpha value is -1.56. The van der Waals surface area contributed by atoms with E-state index in [0.717, 1.165) is 0 Å². The predicted molar refractivity (Wildman–Crippen MR) is 65.8 cm³/mol. The largest absolute Gasteiger partial charge is 0.379 e. The Kier molecular flexibility index (Phi) is 6.87. The predicted octanol–water partition coefficient (Wildman–Crippen LogP) is 0.289. The highest BCUT2D eigenvalue weighted by Gasteiger charge is 2.29. The van der Waals surface area contributed by atoms with E-state index in [1.807, 2.05) is 5.32 Å². The minimum atomic E-state index is -2.34. The summed E-state index contributed by atoms with van der Waals surface area (Å²) in [5, 5.41) is 18.8. The third kappa shape index (κ3) is 4.46. The minimum Gasteiger partial charge on any atom is -0.379 e. The molecule has 0 spiro atoms. The van der Waals surface area contributed by atoms with Crippen molar-refractivity contribution >= 4 is 15.7 Å². The van der Waals surface area contributed by atoms with Gasteiger partial charge in [-0.3, -0.25) is 4.79 Å². The van der Waals surface area contributed by atoms with E-state index in [2.05, 4.69) is 4.43 Å². The molecule has 0 heterocycles. The Morgan fingerprint density at radius 1 is 1.05 bits per heavy atom. The average Bonchev–Trinajstić information content (AvgIpc) is 2.46. The third-order valence-corrected chi connectivity index (χ3v) is 3.88. The zero-order chi connectivity index (χ0) is 16.9. The maximum absolute atomic E-state index is 13.3. The highest BCUT2D eigenvalue weighted by Crippen LogP contribution is 2.22. The molecule has 0 fully saturated rings. The van der Waals surface area contributed by atoms with Crippen molar-refractivity contribution in [3.63, 3.8) is 0 Å². The SMILES string of the molecule is O=C(NCCC[SiH2]OC(O)O)c1c(F)c(F)c(F)c(F)c1F. The maximum Gasteiger partial charge on any atom is 0.257 e. The molecular formula is C11H12F5NO4Si. The van der Waals surface area contributed by atoms with Crippen molar-refractivity contribution in [3.05, 3.63) is 34.6 Å². The van der Waals surface area contributed by atoms with Crippen molar-refractivity contribution in [1.82, 2.24) is 5.32 Å². The number of halogens is 5. The summed E-state index contributed by atoms with van der Waals surface area (Å²) in [5.74, 6) is -12.6. The lowest BCUT2D eigenvalue weighted by Gasteiger charge is -2.09. The van der Waals surface area contributed by atoms with Gasteiger partial charge in [0.05, 0.1) is 0 Å². The Labute approximate surface area is 123 Å². The molecule has 0 atom stereocenters. The van der Waals surface area contributed by atoms with Crippen LogP contribution in [-0.4, -0.2) is 38.9 Å². The molecule has 0 aliphatic carbocycles. The molecule has 1 aromatic carbocycles. The van der Waals surface area contributed by atoms with Gasteiger partial charge in [0.2, 0.25) is 5.82 Å². The fourth-order valence-corrected chi connectivity index (χ4v) is 2.34. The van der Waals surface area contributed by atoms with Gasteiger partial charge in [0.25, 0.3) is 12.4 Å². The zero-order valence-corrected chi connectivity index (χ0v) is 12.4. The second-order valence-electron chi connectivity index (χ2n) is 4.10. The second-order valence-corrected chi connectivity index (χ2v) is 5.55. The lowest BCUT2D eigenvalue weighted by Crippen LogP contribution is -2.28. The molecule has 22 heavy (non-hydrogen) atoms. The molecule has 11 heteroatoms. The Bertz CT molecular complexity index is 529. The summed E-state index contributed by atoms with van der Waals surface area (Å²) in [6.45, 7) is -1.98. The molecule has 0 unspecified atom stereocenters. The van der Waals surface area contributed by atoms with Crippen LogP contribution in [-0.2, 0) is 4.43 Å². The number of nitrogens with one attached hydrogen (secondary N) is 1. The molecular weight excluding hydrogens is 333 g/mol. The van der Waals surface area contributed by atoms with E-state index in [4.69, 9.17) is 10.2 Å². The highest BCUT2D eigenvalue weighted by molar-refractivity contribution is 6.27. The van der Waals surface area contributed by atoms with Crippen LogP contribution in [0.3, 0.4) is 0 Å². The first-order chi connectivity index (χ1) is 10.3. The molecule has 0 saturated carbocycles. The summed E-state index contributed by atoms with van der Waals surface area (Å²) in [6, 6.07) is 0.398. The number of hydrogen-bond donors (Lipinski definition) is 3. The van der Waals surface area contributed by atoms with Crippen LogP contribution in [0, 0.1) is 29.1 Å². The maximum atomic E-state index is 13.3. The van der Waals surface area contributed by atoms with E-state index in [1.54, 1.807) is 0 Å². The van der Waals surface area contributed by atoms with Gasteiger partial charge in [-0.05, 0) is 12.5 Å². The number of hydrogen-bond acceptors (Lipinski definition) is 4. The van der Waals surface area contributed by atoms with Crippen molar-refractivity contribution in [3.8, 4) is 0 Å². The number of benzene rings is 1. The van der Waals surface area contributed by atoms with Gasteiger partial charge in [0.1, 0.15) is 5.56 Å². The van der Waals surface area contributed by atoms with Crippen LogP contribution in [0.25, 0.3) is 0 Å². The van der Waals surface area contributed by atoms with Crippen LogP contribution in [0.1, 0.15) is 16.8 Å². The lowest BCUT2D eigenvalue weighted by atomic mass is 10.1. The third-order valence-electron chi connectivity index (χ3n) is 2.56. The van der Waals surface area contributed by atoms with Crippen molar-refractivity contribution in [1.29, 1.82) is 0 Å². The van der Waals surface area contributed by atoms with Crippen molar-refractivity contribution in [2.75, 3.05) is 6.54 Å². The Morgan fingerprint density at radius 3 is 2.05 bits per heavy atom. The molecule has 0 aliphatic heterocycles. The number of aliphatic hydroxyl groups excluding tert-OH is 1. The van der Waals surface area contributed by atoms with Gasteiger partial charge in [-0.15, -0.1) is 0 Å². The van der Waals surface area contributed by atoms with Crippen molar-refractivity contribution in [2.24, 2.45) is 0 Å². The molecule has 0 radical (unpaired) electrons. The minimum absolute atomic E-state index is 0.101. The van der Waals surface area contributed by atoms with Crippen molar-refractivity contribution < 1.29 is 41.4 Å². The fourth-order valence-electron chi connectivity index (χ4n) is 1.51. The average molecular weight is 345 g/mol. The zero-order valence-electron chi connectivity index (χ0n) is 11.0. The lowest BCUT2D eigenvalue weighted by molar-refractivity contribution is -0.180. The van der Waals surface area contributed by atoms with Crippen LogP contribution >= 0.6 is 0 Å². The smallest absolute Gasteiger partial charge is 0.257 e. The molecule has 1 rings (SSSR count). The number of aliphatic hydroxyl groups is 2. The van der Waals surface area contributed by atoms with Gasteiger partial charge in [0, 0.05) is 6.54 Å². The summed E-state index contributed by atoms with van der Waals surface area (Å²) in [4.78, 5) is 11.5. The van der Waals surface area contributed by atoms with Gasteiger partial charge in [-0.25, -0.2) is 22.0 Å². The molecule has 1 amide bonds. The summed E-state index contributed by atoms with van der Waals surface area (Å²) >= 11 is 0. The molecule has 0 saturated heterocycles. The van der Waals surface area contributed by atoms with E-state index < -0.39 is 56.8 Å².